The SMILES string of the molecule is C=CCC[C@@H](N)c1cc(C#N)cc([N+](=O)[O-])c1O. The summed E-state index contributed by atoms with van der Waals surface area (Å²) >= 11 is 0. The van der Waals surface area contributed by atoms with Crippen LogP contribution in [-0.4, -0.2) is 10.0 Å². The third-order valence-electron chi connectivity index (χ3n) is 2.53. The van der Waals surface area contributed by atoms with Crippen LogP contribution in [0.5, 0.6) is 5.75 Å². The average molecular weight is 247 g/mol. The number of benzene rings is 1. The van der Waals surface area contributed by atoms with Gasteiger partial charge in [0, 0.05) is 17.7 Å². The Balaban J connectivity index is 3.26. The van der Waals surface area contributed by atoms with Gasteiger partial charge in [0.05, 0.1) is 16.6 Å². The molecule has 0 aliphatic carbocycles. The van der Waals surface area contributed by atoms with E-state index in [1.807, 2.05) is 6.07 Å². The van der Waals surface area contributed by atoms with Gasteiger partial charge >= 0.3 is 5.69 Å². The minimum absolute atomic E-state index is 0.101. The Labute approximate surface area is 104 Å². The summed E-state index contributed by atoms with van der Waals surface area (Å²) in [4.78, 5) is 10.0. The summed E-state index contributed by atoms with van der Waals surface area (Å²) in [5, 5.41) is 29.4. The van der Waals surface area contributed by atoms with Crippen LogP contribution in [0.1, 0.15) is 30.0 Å². The highest BCUT2D eigenvalue weighted by atomic mass is 16.6. The second-order valence-electron chi connectivity index (χ2n) is 3.77. The zero-order valence-electron chi connectivity index (χ0n) is 9.67. The molecule has 0 saturated heterocycles. The number of nitro benzene ring substituents is 1. The molecule has 0 saturated carbocycles. The molecule has 0 bridgehead atoms. The van der Waals surface area contributed by atoms with Crippen LogP contribution in [0.2, 0.25) is 0 Å². The number of nitro groups is 1. The van der Waals surface area contributed by atoms with E-state index >= 15 is 0 Å². The van der Waals surface area contributed by atoms with Crippen molar-refractivity contribution in [2.24, 2.45) is 5.73 Å². The number of allylic oxidation sites excluding steroid dienone is 1. The molecule has 0 amide bonds. The number of nitriles is 1. The van der Waals surface area contributed by atoms with Crippen LogP contribution in [0.15, 0.2) is 24.8 Å². The highest BCUT2D eigenvalue weighted by Crippen LogP contribution is 2.35. The summed E-state index contributed by atoms with van der Waals surface area (Å²) in [5.41, 5.74) is 5.64. The topological polar surface area (TPSA) is 113 Å². The lowest BCUT2D eigenvalue weighted by molar-refractivity contribution is -0.386. The first kappa shape index (κ1) is 13.7. The van der Waals surface area contributed by atoms with E-state index in [2.05, 4.69) is 6.58 Å². The largest absolute Gasteiger partial charge is 0.502 e. The van der Waals surface area contributed by atoms with E-state index in [1.165, 1.54) is 6.07 Å². The molecule has 0 heterocycles. The quantitative estimate of drug-likeness (QED) is 0.470. The van der Waals surface area contributed by atoms with E-state index in [-0.39, 0.29) is 11.1 Å². The molecule has 1 aromatic carbocycles. The Bertz CT molecular complexity index is 520. The van der Waals surface area contributed by atoms with Crippen molar-refractivity contribution in [3.8, 4) is 11.8 Å². The van der Waals surface area contributed by atoms with Crippen LogP contribution in [0.4, 0.5) is 5.69 Å². The first-order valence-electron chi connectivity index (χ1n) is 5.29. The maximum Gasteiger partial charge on any atom is 0.312 e. The molecule has 3 N–H and O–H groups in total. The van der Waals surface area contributed by atoms with Crippen molar-refractivity contribution >= 4 is 5.69 Å². The summed E-state index contributed by atoms with van der Waals surface area (Å²) in [6.07, 6.45) is 2.77. The molecule has 0 radical (unpaired) electrons. The summed E-state index contributed by atoms with van der Waals surface area (Å²) in [7, 11) is 0. The second-order valence-corrected chi connectivity index (χ2v) is 3.77. The van der Waals surface area contributed by atoms with Crippen LogP contribution in [-0.2, 0) is 0 Å². The highest BCUT2D eigenvalue weighted by molar-refractivity contribution is 5.56. The first-order valence-corrected chi connectivity index (χ1v) is 5.29. The van der Waals surface area contributed by atoms with E-state index in [0.717, 1.165) is 6.07 Å². The number of hydrogen-bond acceptors (Lipinski definition) is 5. The molecule has 94 valence electrons. The minimum Gasteiger partial charge on any atom is -0.502 e. The molecule has 1 aromatic rings. The Morgan fingerprint density at radius 1 is 1.67 bits per heavy atom. The lowest BCUT2D eigenvalue weighted by atomic mass is 9.99. The third kappa shape index (κ3) is 2.84. The fourth-order valence-electron chi connectivity index (χ4n) is 1.58. The Kier molecular flexibility index (Phi) is 4.40. The number of phenolic OH excluding ortho intramolecular Hbond substituents is 1. The molecular formula is C12H13N3O3. The van der Waals surface area contributed by atoms with Crippen LogP contribution in [0.25, 0.3) is 0 Å². The van der Waals surface area contributed by atoms with Crippen molar-refractivity contribution in [2.75, 3.05) is 0 Å². The number of rotatable bonds is 5. The zero-order chi connectivity index (χ0) is 13.7. The van der Waals surface area contributed by atoms with Gasteiger partial charge in [-0.25, -0.2) is 0 Å². The first-order chi connectivity index (χ1) is 8.51. The normalized spacial score (nSPS) is 11.6. The number of nitrogens with zero attached hydrogens (tertiary/aromatic N) is 2. The molecule has 0 fully saturated rings. The van der Waals surface area contributed by atoms with E-state index in [9.17, 15) is 15.2 Å². The molecule has 0 aliphatic rings. The van der Waals surface area contributed by atoms with Crippen molar-refractivity contribution in [1.82, 2.24) is 0 Å². The molecule has 6 heteroatoms. The summed E-state index contributed by atoms with van der Waals surface area (Å²) in [5.74, 6) is -0.476. The second kappa shape index (κ2) is 5.80. The van der Waals surface area contributed by atoms with Crippen LogP contribution in [0.3, 0.4) is 0 Å². The molecular weight excluding hydrogens is 234 g/mol. The van der Waals surface area contributed by atoms with Gasteiger partial charge in [0.2, 0.25) is 0 Å². The predicted octanol–water partition coefficient (Wildman–Crippen LogP) is 2.14. The highest BCUT2D eigenvalue weighted by Gasteiger charge is 2.22. The molecule has 6 nitrogen and oxygen atoms in total. The van der Waals surface area contributed by atoms with E-state index in [1.54, 1.807) is 6.08 Å². The van der Waals surface area contributed by atoms with Gasteiger partial charge in [-0.2, -0.15) is 5.26 Å². The van der Waals surface area contributed by atoms with Gasteiger partial charge in [-0.15, -0.1) is 6.58 Å². The molecule has 0 aromatic heterocycles. The third-order valence-corrected chi connectivity index (χ3v) is 2.53. The van der Waals surface area contributed by atoms with Gasteiger partial charge < -0.3 is 10.8 Å². The monoisotopic (exact) mass is 247 g/mol. The maximum atomic E-state index is 10.8. The Hall–Kier alpha value is -2.39. The Morgan fingerprint density at radius 2 is 2.33 bits per heavy atom. The van der Waals surface area contributed by atoms with Gasteiger partial charge in [-0.1, -0.05) is 6.08 Å². The van der Waals surface area contributed by atoms with Gasteiger partial charge in [0.15, 0.2) is 5.75 Å². The number of nitrogens with two attached hydrogens (primary N) is 1. The van der Waals surface area contributed by atoms with Crippen molar-refractivity contribution in [2.45, 2.75) is 18.9 Å². The lowest BCUT2D eigenvalue weighted by Gasteiger charge is -2.13. The zero-order valence-corrected chi connectivity index (χ0v) is 9.67. The molecule has 1 atom stereocenters. The van der Waals surface area contributed by atoms with Gasteiger partial charge in [-0.3, -0.25) is 10.1 Å². The standard InChI is InChI=1S/C12H13N3O3/c1-2-3-4-10(14)9-5-8(7-13)6-11(12(9)16)15(17)18/h2,5-6,10,16H,1,3-4,14H2/t10-/m1/s1. The lowest BCUT2D eigenvalue weighted by Crippen LogP contribution is -2.11. The summed E-state index contributed by atoms with van der Waals surface area (Å²) in [6.45, 7) is 3.55. The van der Waals surface area contributed by atoms with Crippen molar-refractivity contribution in [3.63, 3.8) is 0 Å². The van der Waals surface area contributed by atoms with Crippen molar-refractivity contribution < 1.29 is 10.0 Å². The average Bonchev–Trinajstić information content (AvgIpc) is 2.35. The van der Waals surface area contributed by atoms with Crippen molar-refractivity contribution in [3.05, 3.63) is 46.0 Å². The summed E-state index contributed by atoms with van der Waals surface area (Å²) in [6, 6.07) is 3.63. The predicted molar refractivity (Wildman–Crippen MR) is 65.8 cm³/mol. The van der Waals surface area contributed by atoms with Gasteiger partial charge in [-0.05, 0) is 18.9 Å². The Morgan fingerprint density at radius 3 is 2.83 bits per heavy atom. The molecule has 18 heavy (non-hydrogen) atoms. The van der Waals surface area contributed by atoms with Gasteiger partial charge in [0.1, 0.15) is 0 Å². The number of hydrogen-bond donors (Lipinski definition) is 2. The van der Waals surface area contributed by atoms with Crippen LogP contribution >= 0.6 is 0 Å². The van der Waals surface area contributed by atoms with Gasteiger partial charge in [0.25, 0.3) is 0 Å². The smallest absolute Gasteiger partial charge is 0.312 e. The van der Waals surface area contributed by atoms with E-state index < -0.39 is 22.4 Å². The number of phenols is 1. The molecule has 0 aliphatic heterocycles. The van der Waals surface area contributed by atoms with E-state index in [0.29, 0.717) is 12.8 Å². The molecule has 0 unspecified atom stereocenters. The molecule has 0 spiro atoms. The summed E-state index contributed by atoms with van der Waals surface area (Å²) < 4.78 is 0. The fraction of sp³-hybridized carbons (Fsp3) is 0.250. The van der Waals surface area contributed by atoms with Crippen molar-refractivity contribution in [1.29, 1.82) is 5.26 Å². The molecule has 1 rings (SSSR count). The van der Waals surface area contributed by atoms with Crippen LogP contribution in [0, 0.1) is 21.4 Å². The van der Waals surface area contributed by atoms with Crippen LogP contribution < -0.4 is 5.73 Å². The van der Waals surface area contributed by atoms with E-state index in [4.69, 9.17) is 11.0 Å². The fourth-order valence-corrected chi connectivity index (χ4v) is 1.58. The number of aromatic hydroxyl groups is 1. The minimum atomic E-state index is -0.736. The maximum absolute atomic E-state index is 10.8.